The van der Waals surface area contributed by atoms with Gasteiger partial charge in [0.15, 0.2) is 6.61 Å². The van der Waals surface area contributed by atoms with E-state index in [4.69, 9.17) is 4.74 Å². The van der Waals surface area contributed by atoms with Crippen molar-refractivity contribution in [1.29, 1.82) is 0 Å². The smallest absolute Gasteiger partial charge is 0.321 e. The minimum absolute atomic E-state index is 0.0677. The normalized spacial score (nSPS) is 37.7. The number of hydrogen-bond acceptors (Lipinski definition) is 4. The highest BCUT2D eigenvalue weighted by atomic mass is 79.9. The van der Waals surface area contributed by atoms with Crippen LogP contribution in [-0.2, 0) is 14.3 Å². The number of carbonyl (C=O) groups is 3. The van der Waals surface area contributed by atoms with Gasteiger partial charge in [-0.2, -0.15) is 0 Å². The fourth-order valence-corrected chi connectivity index (χ4v) is 7.76. The van der Waals surface area contributed by atoms with Crippen molar-refractivity contribution in [3.8, 4) is 0 Å². The molecule has 0 aromatic rings. The lowest BCUT2D eigenvalue weighted by atomic mass is 9.49. The van der Waals surface area contributed by atoms with Gasteiger partial charge in [0.2, 0.25) is 0 Å². The summed E-state index contributed by atoms with van der Waals surface area (Å²) in [7, 11) is 0. The summed E-state index contributed by atoms with van der Waals surface area (Å²) in [5, 5.41) is 5.12. The molecule has 0 aliphatic heterocycles. The van der Waals surface area contributed by atoms with Crippen molar-refractivity contribution in [1.82, 2.24) is 10.6 Å². The van der Waals surface area contributed by atoms with Crippen LogP contribution in [0.5, 0.6) is 0 Å². The number of rotatable bonds is 4. The summed E-state index contributed by atoms with van der Waals surface area (Å²) in [4.78, 5) is 36.8. The Morgan fingerprint density at radius 3 is 2.30 bits per heavy atom. The molecule has 0 spiro atoms. The van der Waals surface area contributed by atoms with Gasteiger partial charge in [0.05, 0.1) is 5.41 Å². The third-order valence-corrected chi connectivity index (χ3v) is 7.88. The second-order valence-electron chi connectivity index (χ2n) is 9.32. The first-order valence-electron chi connectivity index (χ1n) is 10.3. The van der Waals surface area contributed by atoms with E-state index in [9.17, 15) is 14.4 Å². The fraction of sp³-hybridized carbons (Fsp3) is 0.850. The van der Waals surface area contributed by atoms with E-state index in [2.05, 4.69) is 26.6 Å². The molecule has 4 bridgehead atoms. The average molecular weight is 441 g/mol. The predicted octanol–water partition coefficient (Wildman–Crippen LogP) is 3.42. The first kappa shape index (κ1) is 19.2. The monoisotopic (exact) mass is 440 g/mol. The molecule has 0 aromatic carbocycles. The van der Waals surface area contributed by atoms with E-state index < -0.39 is 17.4 Å². The highest BCUT2D eigenvalue weighted by molar-refractivity contribution is 9.10. The number of nitrogens with one attached hydrogen (secondary N) is 2. The Hall–Kier alpha value is -1.11. The largest absolute Gasteiger partial charge is 0.455 e. The molecule has 27 heavy (non-hydrogen) atoms. The highest BCUT2D eigenvalue weighted by Gasteiger charge is 2.60. The topological polar surface area (TPSA) is 84.5 Å². The Kier molecular flexibility index (Phi) is 5.25. The van der Waals surface area contributed by atoms with Gasteiger partial charge in [0.25, 0.3) is 5.91 Å². The number of hydrogen-bond donors (Lipinski definition) is 2. The van der Waals surface area contributed by atoms with Gasteiger partial charge in [-0.05, 0) is 63.2 Å². The van der Waals surface area contributed by atoms with E-state index in [0.29, 0.717) is 11.8 Å². The maximum atomic E-state index is 12.8. The average Bonchev–Trinajstić information content (AvgIpc) is 2.58. The van der Waals surface area contributed by atoms with E-state index in [0.717, 1.165) is 57.8 Å². The number of amides is 3. The number of esters is 1. The van der Waals surface area contributed by atoms with Crippen LogP contribution in [0.25, 0.3) is 0 Å². The molecular formula is C20H29BrN2O4. The molecule has 7 heteroatoms. The second kappa shape index (κ2) is 7.37. The van der Waals surface area contributed by atoms with Crippen LogP contribution in [0.1, 0.15) is 70.6 Å². The van der Waals surface area contributed by atoms with Crippen molar-refractivity contribution >= 4 is 33.8 Å². The molecule has 0 aromatic heterocycles. The lowest BCUT2D eigenvalue weighted by Crippen LogP contribution is -2.56. The molecule has 5 aliphatic rings. The van der Waals surface area contributed by atoms with Gasteiger partial charge in [-0.15, -0.1) is 0 Å². The summed E-state index contributed by atoms with van der Waals surface area (Å²) < 4.78 is 5.44. The molecule has 2 N–H and O–H groups in total. The lowest BCUT2D eigenvalue weighted by Gasteiger charge is -2.58. The standard InChI is InChI=1S/C20H29BrN2O4/c21-20-9-13-6-14(10-20)8-19(7-13,12-20)17(25)27-11-16(24)23-18(26)22-15-4-2-1-3-5-15/h13-15H,1-12H2,(H2,22,23,24,26)/t13-,14-,19?,20?/m1/s1. The summed E-state index contributed by atoms with van der Waals surface area (Å²) in [5.74, 6) is 0.333. The van der Waals surface area contributed by atoms with Crippen LogP contribution in [0.3, 0.4) is 0 Å². The van der Waals surface area contributed by atoms with E-state index in [1.807, 2.05) is 0 Å². The predicted molar refractivity (Wildman–Crippen MR) is 103 cm³/mol. The zero-order valence-corrected chi connectivity index (χ0v) is 17.3. The minimum Gasteiger partial charge on any atom is -0.455 e. The molecule has 3 amide bonds. The van der Waals surface area contributed by atoms with Crippen molar-refractivity contribution in [2.75, 3.05) is 6.61 Å². The van der Waals surface area contributed by atoms with E-state index in [1.54, 1.807) is 0 Å². The maximum absolute atomic E-state index is 12.8. The zero-order valence-electron chi connectivity index (χ0n) is 15.7. The third-order valence-electron chi connectivity index (χ3n) is 6.95. The van der Waals surface area contributed by atoms with Gasteiger partial charge in [0, 0.05) is 10.4 Å². The van der Waals surface area contributed by atoms with E-state index in [1.165, 1.54) is 12.8 Å². The molecule has 5 aliphatic carbocycles. The Balaban J connectivity index is 1.25. The van der Waals surface area contributed by atoms with Gasteiger partial charge in [0.1, 0.15) is 0 Å². The van der Waals surface area contributed by atoms with Crippen molar-refractivity contribution in [3.05, 3.63) is 0 Å². The van der Waals surface area contributed by atoms with Crippen LogP contribution in [0.4, 0.5) is 4.79 Å². The van der Waals surface area contributed by atoms with Crippen molar-refractivity contribution in [3.63, 3.8) is 0 Å². The van der Waals surface area contributed by atoms with E-state index >= 15 is 0 Å². The summed E-state index contributed by atoms with van der Waals surface area (Å²) in [5.41, 5.74) is -0.446. The number of halogens is 1. The quantitative estimate of drug-likeness (QED) is 0.517. The van der Waals surface area contributed by atoms with Crippen LogP contribution in [0.2, 0.25) is 0 Å². The molecule has 5 rings (SSSR count). The number of carbonyl (C=O) groups excluding carboxylic acids is 3. The fourth-order valence-electron chi connectivity index (χ4n) is 6.30. The highest BCUT2D eigenvalue weighted by Crippen LogP contribution is 2.64. The molecule has 0 unspecified atom stereocenters. The second-order valence-corrected chi connectivity index (χ2v) is 11.0. The van der Waals surface area contributed by atoms with Crippen LogP contribution in [-0.4, -0.2) is 34.9 Å². The third kappa shape index (κ3) is 4.17. The van der Waals surface area contributed by atoms with Crippen molar-refractivity contribution in [2.45, 2.75) is 81.0 Å². The molecule has 0 heterocycles. The zero-order chi connectivity index (χ0) is 19.1. The number of ether oxygens (including phenoxy) is 1. The molecule has 2 atom stereocenters. The number of alkyl halides is 1. The maximum Gasteiger partial charge on any atom is 0.321 e. The van der Waals surface area contributed by atoms with Crippen molar-refractivity contribution in [2.24, 2.45) is 17.3 Å². The van der Waals surface area contributed by atoms with Crippen LogP contribution < -0.4 is 10.6 Å². The molecular weight excluding hydrogens is 412 g/mol. The van der Waals surface area contributed by atoms with Gasteiger partial charge < -0.3 is 10.1 Å². The lowest BCUT2D eigenvalue weighted by molar-refractivity contribution is -0.171. The number of imide groups is 1. The first-order chi connectivity index (χ1) is 12.9. The molecule has 0 radical (unpaired) electrons. The van der Waals surface area contributed by atoms with Gasteiger partial charge in [-0.3, -0.25) is 14.9 Å². The molecule has 0 saturated heterocycles. The van der Waals surface area contributed by atoms with Crippen LogP contribution >= 0.6 is 15.9 Å². The summed E-state index contributed by atoms with van der Waals surface area (Å²) in [6, 6.07) is -0.353. The first-order valence-corrected chi connectivity index (χ1v) is 11.1. The summed E-state index contributed by atoms with van der Waals surface area (Å²) in [6.07, 6.45) is 11.4. The Bertz CT molecular complexity index is 617. The van der Waals surface area contributed by atoms with Crippen LogP contribution in [0.15, 0.2) is 0 Å². The van der Waals surface area contributed by atoms with Crippen molar-refractivity contribution < 1.29 is 19.1 Å². The molecule has 150 valence electrons. The van der Waals surface area contributed by atoms with Gasteiger partial charge >= 0.3 is 12.0 Å². The molecule has 5 fully saturated rings. The molecule has 6 nitrogen and oxygen atoms in total. The van der Waals surface area contributed by atoms with Gasteiger partial charge in [-0.25, -0.2) is 4.79 Å². The Morgan fingerprint density at radius 2 is 1.67 bits per heavy atom. The van der Waals surface area contributed by atoms with Crippen LogP contribution in [0, 0.1) is 17.3 Å². The Labute approximate surface area is 168 Å². The van der Waals surface area contributed by atoms with E-state index in [-0.39, 0.29) is 22.9 Å². The summed E-state index contributed by atoms with van der Waals surface area (Å²) in [6.45, 7) is -0.386. The molecule has 5 saturated carbocycles. The summed E-state index contributed by atoms with van der Waals surface area (Å²) >= 11 is 3.88. The number of urea groups is 1. The van der Waals surface area contributed by atoms with Gasteiger partial charge in [-0.1, -0.05) is 35.2 Å². The Morgan fingerprint density at radius 1 is 1.00 bits per heavy atom. The SMILES string of the molecule is O=C(COC(=O)C12C[C@H]3C[C@@H](CC(Br)(C3)C1)C2)NC(=O)NC1CCCCC1. The minimum atomic E-state index is -0.560.